The molecule has 0 radical (unpaired) electrons. The van der Waals surface area contributed by atoms with E-state index in [1.165, 1.54) is 11.1 Å². The van der Waals surface area contributed by atoms with Gasteiger partial charge in [0.05, 0.1) is 18.8 Å². The van der Waals surface area contributed by atoms with E-state index in [0.29, 0.717) is 25.0 Å². The molecule has 1 fully saturated rings. The fourth-order valence-electron chi connectivity index (χ4n) is 3.52. The highest BCUT2D eigenvalue weighted by molar-refractivity contribution is 5.78. The first-order valence-electron chi connectivity index (χ1n) is 8.59. The molecule has 1 saturated heterocycles. The van der Waals surface area contributed by atoms with Crippen molar-refractivity contribution in [3.05, 3.63) is 65.5 Å². The van der Waals surface area contributed by atoms with E-state index in [9.17, 15) is 4.79 Å². The molecule has 0 bridgehead atoms. The van der Waals surface area contributed by atoms with E-state index < -0.39 is 0 Å². The van der Waals surface area contributed by atoms with E-state index in [-0.39, 0.29) is 5.91 Å². The minimum absolute atomic E-state index is 0.0675. The molecular formula is C20H25N3O. The van der Waals surface area contributed by atoms with Gasteiger partial charge in [-0.05, 0) is 49.4 Å². The summed E-state index contributed by atoms with van der Waals surface area (Å²) in [6, 6.07) is 14.7. The Balaban J connectivity index is 1.54. The van der Waals surface area contributed by atoms with Crippen molar-refractivity contribution < 1.29 is 4.79 Å². The topological polar surface area (TPSA) is 45.2 Å². The Kier molecular flexibility index (Phi) is 5.26. The summed E-state index contributed by atoms with van der Waals surface area (Å²) in [6.45, 7) is 6.27. The second-order valence-corrected chi connectivity index (χ2v) is 6.67. The lowest BCUT2D eigenvalue weighted by Gasteiger charge is -2.20. The van der Waals surface area contributed by atoms with Crippen molar-refractivity contribution in [1.29, 1.82) is 0 Å². The van der Waals surface area contributed by atoms with Crippen molar-refractivity contribution in [2.45, 2.75) is 38.8 Å². The van der Waals surface area contributed by atoms with Crippen LogP contribution in [0.2, 0.25) is 0 Å². The Morgan fingerprint density at radius 1 is 1.25 bits per heavy atom. The van der Waals surface area contributed by atoms with Crippen LogP contribution in [0.15, 0.2) is 48.7 Å². The second kappa shape index (κ2) is 7.58. The van der Waals surface area contributed by atoms with Gasteiger partial charge in [-0.3, -0.25) is 14.7 Å². The average molecular weight is 323 g/mol. The Morgan fingerprint density at radius 3 is 2.79 bits per heavy atom. The summed E-state index contributed by atoms with van der Waals surface area (Å²) in [6.07, 6.45) is 2.86. The molecule has 1 aromatic heterocycles. The maximum Gasteiger partial charge on any atom is 0.234 e. The third-order valence-electron chi connectivity index (χ3n) is 4.87. The molecule has 1 amide bonds. The van der Waals surface area contributed by atoms with Gasteiger partial charge in [0.15, 0.2) is 0 Å². The van der Waals surface area contributed by atoms with E-state index in [0.717, 1.165) is 18.7 Å². The number of likely N-dealkylation sites (tertiary alicyclic amines) is 1. The molecule has 4 nitrogen and oxygen atoms in total. The maximum atomic E-state index is 12.2. The number of benzene rings is 1. The van der Waals surface area contributed by atoms with Crippen molar-refractivity contribution in [3.63, 3.8) is 0 Å². The van der Waals surface area contributed by atoms with Crippen LogP contribution in [0.5, 0.6) is 0 Å². The van der Waals surface area contributed by atoms with E-state index in [2.05, 4.69) is 53.3 Å². The number of hydrogen-bond donors (Lipinski definition) is 1. The molecule has 3 rings (SSSR count). The summed E-state index contributed by atoms with van der Waals surface area (Å²) in [4.78, 5) is 18.8. The number of carbonyl (C=O) groups excluding carboxylic acids is 1. The zero-order valence-corrected chi connectivity index (χ0v) is 14.4. The molecule has 4 heteroatoms. The largest absolute Gasteiger partial charge is 0.349 e. The molecule has 126 valence electrons. The van der Waals surface area contributed by atoms with Gasteiger partial charge in [0.2, 0.25) is 5.91 Å². The molecule has 0 unspecified atom stereocenters. The molecule has 2 aromatic rings. The number of pyridine rings is 1. The zero-order chi connectivity index (χ0) is 16.9. The van der Waals surface area contributed by atoms with Gasteiger partial charge in [0.1, 0.15) is 0 Å². The lowest BCUT2D eigenvalue weighted by Crippen LogP contribution is -2.38. The number of nitrogens with zero attached hydrogens (tertiary/aromatic N) is 2. The average Bonchev–Trinajstić information content (AvgIpc) is 2.95. The first kappa shape index (κ1) is 16.7. The van der Waals surface area contributed by atoms with Crippen molar-refractivity contribution in [2.75, 3.05) is 13.1 Å². The molecule has 2 heterocycles. The normalized spacial score (nSPS) is 20.9. The number of nitrogens with one attached hydrogen (secondary N) is 1. The molecule has 1 aliphatic rings. The molecule has 1 aromatic carbocycles. The van der Waals surface area contributed by atoms with Gasteiger partial charge in [-0.25, -0.2) is 0 Å². The standard InChI is InChI=1S/C20H25N3O/c1-15-7-3-4-9-19(15)17-11-16(2)23(13-17)14-20(24)22-12-18-8-5-6-10-21-18/h3-10,16-17H,11-14H2,1-2H3,(H,22,24)/t16-,17-/m0/s1. The first-order chi connectivity index (χ1) is 11.6. The van der Waals surface area contributed by atoms with Crippen molar-refractivity contribution in [1.82, 2.24) is 15.2 Å². The van der Waals surface area contributed by atoms with Crippen LogP contribution in [-0.4, -0.2) is 34.9 Å². The van der Waals surface area contributed by atoms with Crippen LogP contribution in [0, 0.1) is 6.92 Å². The van der Waals surface area contributed by atoms with Gasteiger partial charge in [0, 0.05) is 18.8 Å². The van der Waals surface area contributed by atoms with Gasteiger partial charge in [-0.2, -0.15) is 0 Å². The summed E-state index contributed by atoms with van der Waals surface area (Å²) in [5.74, 6) is 0.586. The lowest BCUT2D eigenvalue weighted by atomic mass is 9.93. The van der Waals surface area contributed by atoms with Gasteiger partial charge >= 0.3 is 0 Å². The molecule has 24 heavy (non-hydrogen) atoms. The Labute approximate surface area is 143 Å². The van der Waals surface area contributed by atoms with Gasteiger partial charge < -0.3 is 5.32 Å². The zero-order valence-electron chi connectivity index (χ0n) is 14.4. The Morgan fingerprint density at radius 2 is 2.04 bits per heavy atom. The lowest BCUT2D eigenvalue weighted by molar-refractivity contribution is -0.122. The second-order valence-electron chi connectivity index (χ2n) is 6.67. The summed E-state index contributed by atoms with van der Waals surface area (Å²) in [5.41, 5.74) is 3.65. The van der Waals surface area contributed by atoms with Crippen molar-refractivity contribution in [3.8, 4) is 0 Å². The SMILES string of the molecule is Cc1ccccc1[C@H]1C[C@H](C)N(CC(=O)NCc2ccccn2)C1. The highest BCUT2D eigenvalue weighted by Crippen LogP contribution is 2.32. The summed E-state index contributed by atoms with van der Waals surface area (Å²) in [5, 5.41) is 2.97. The van der Waals surface area contributed by atoms with Crippen LogP contribution in [0.1, 0.15) is 36.1 Å². The first-order valence-corrected chi connectivity index (χ1v) is 8.59. The molecular weight excluding hydrogens is 298 g/mol. The fourth-order valence-corrected chi connectivity index (χ4v) is 3.52. The summed E-state index contributed by atoms with van der Waals surface area (Å²) in [7, 11) is 0. The molecule has 1 N–H and O–H groups in total. The third kappa shape index (κ3) is 4.01. The number of amides is 1. The highest BCUT2D eigenvalue weighted by atomic mass is 16.2. The van der Waals surface area contributed by atoms with Gasteiger partial charge in [0.25, 0.3) is 0 Å². The highest BCUT2D eigenvalue weighted by Gasteiger charge is 2.31. The van der Waals surface area contributed by atoms with Gasteiger partial charge in [-0.1, -0.05) is 30.3 Å². The number of rotatable bonds is 5. The van der Waals surface area contributed by atoms with E-state index in [1.807, 2.05) is 18.2 Å². The third-order valence-corrected chi connectivity index (χ3v) is 4.87. The quantitative estimate of drug-likeness (QED) is 0.920. The monoisotopic (exact) mass is 323 g/mol. The Hall–Kier alpha value is -2.20. The number of hydrogen-bond acceptors (Lipinski definition) is 3. The van der Waals surface area contributed by atoms with Crippen LogP contribution in [0.4, 0.5) is 0 Å². The smallest absolute Gasteiger partial charge is 0.234 e. The van der Waals surface area contributed by atoms with Crippen LogP contribution in [0.3, 0.4) is 0 Å². The predicted octanol–water partition coefficient (Wildman–Crippen LogP) is 2.88. The van der Waals surface area contributed by atoms with Crippen LogP contribution in [0.25, 0.3) is 0 Å². The predicted molar refractivity (Wildman–Crippen MR) is 95.7 cm³/mol. The van der Waals surface area contributed by atoms with Gasteiger partial charge in [-0.15, -0.1) is 0 Å². The number of aromatic nitrogens is 1. The van der Waals surface area contributed by atoms with Crippen LogP contribution < -0.4 is 5.32 Å². The molecule has 0 saturated carbocycles. The number of aryl methyl sites for hydroxylation is 1. The number of carbonyl (C=O) groups is 1. The summed E-state index contributed by atoms with van der Waals surface area (Å²) >= 11 is 0. The van der Waals surface area contributed by atoms with E-state index >= 15 is 0 Å². The maximum absolute atomic E-state index is 12.2. The molecule has 0 aliphatic carbocycles. The van der Waals surface area contributed by atoms with Crippen molar-refractivity contribution >= 4 is 5.91 Å². The van der Waals surface area contributed by atoms with Crippen molar-refractivity contribution in [2.24, 2.45) is 0 Å². The van der Waals surface area contributed by atoms with E-state index in [4.69, 9.17) is 0 Å². The minimum atomic E-state index is 0.0675. The molecule has 1 aliphatic heterocycles. The fraction of sp³-hybridized carbons (Fsp3) is 0.400. The Bertz CT molecular complexity index is 686. The van der Waals surface area contributed by atoms with E-state index in [1.54, 1.807) is 6.20 Å². The minimum Gasteiger partial charge on any atom is -0.349 e. The summed E-state index contributed by atoms with van der Waals surface area (Å²) < 4.78 is 0. The van der Waals surface area contributed by atoms with Crippen LogP contribution in [-0.2, 0) is 11.3 Å². The van der Waals surface area contributed by atoms with Crippen LogP contribution >= 0.6 is 0 Å². The molecule has 2 atom stereocenters. The molecule has 0 spiro atoms.